The van der Waals surface area contributed by atoms with Gasteiger partial charge in [0.25, 0.3) is 0 Å². The summed E-state index contributed by atoms with van der Waals surface area (Å²) in [6.45, 7) is 8.46. The molecule has 0 aliphatic rings. The number of nitrogens with zero attached hydrogens (tertiary/aromatic N) is 3. The van der Waals surface area contributed by atoms with Gasteiger partial charge in [0.05, 0.1) is 0 Å². The molecule has 0 aliphatic carbocycles. The highest BCUT2D eigenvalue weighted by molar-refractivity contribution is 5.70. The Labute approximate surface area is 107 Å². The van der Waals surface area contributed by atoms with Gasteiger partial charge < -0.3 is 10.3 Å². The van der Waals surface area contributed by atoms with Gasteiger partial charge in [-0.3, -0.25) is 4.98 Å². The maximum atomic E-state index is 6.16. The van der Waals surface area contributed by atoms with Gasteiger partial charge in [0.15, 0.2) is 0 Å². The topological polar surface area (TPSA) is 56.7 Å². The molecule has 0 atom stereocenters. The largest absolute Gasteiger partial charge is 0.383 e. The molecule has 2 aromatic heterocycles. The van der Waals surface area contributed by atoms with Crippen molar-refractivity contribution in [3.63, 3.8) is 0 Å². The molecule has 4 heteroatoms. The molecule has 4 nitrogen and oxygen atoms in total. The molecule has 0 bridgehead atoms. The molecule has 2 aromatic rings. The number of hydrogen-bond acceptors (Lipinski definition) is 3. The van der Waals surface area contributed by atoms with Crippen LogP contribution in [0.2, 0.25) is 0 Å². The van der Waals surface area contributed by atoms with Crippen molar-refractivity contribution >= 4 is 5.82 Å². The van der Waals surface area contributed by atoms with E-state index in [4.69, 9.17) is 5.73 Å². The van der Waals surface area contributed by atoms with E-state index in [0.29, 0.717) is 12.4 Å². The smallest absolute Gasteiger partial charge is 0.132 e. The lowest BCUT2D eigenvalue weighted by Crippen LogP contribution is -2.05. The van der Waals surface area contributed by atoms with Crippen molar-refractivity contribution in [2.24, 2.45) is 0 Å². The second-order valence-electron chi connectivity index (χ2n) is 4.20. The third kappa shape index (κ3) is 2.14. The van der Waals surface area contributed by atoms with Crippen LogP contribution in [0.3, 0.4) is 0 Å². The van der Waals surface area contributed by atoms with Crippen LogP contribution in [-0.4, -0.2) is 14.5 Å². The number of pyridine rings is 1. The molecule has 0 aliphatic heterocycles. The van der Waals surface area contributed by atoms with E-state index in [-0.39, 0.29) is 0 Å². The summed E-state index contributed by atoms with van der Waals surface area (Å²) in [4.78, 5) is 8.88. The summed E-state index contributed by atoms with van der Waals surface area (Å²) in [5, 5.41) is 0. The summed E-state index contributed by atoms with van der Waals surface area (Å²) in [6, 6.07) is 3.96. The van der Waals surface area contributed by atoms with Crippen LogP contribution in [0.5, 0.6) is 0 Å². The normalized spacial score (nSPS) is 10.6. The summed E-state index contributed by atoms with van der Waals surface area (Å²) in [5.74, 6) is 1.65. The summed E-state index contributed by atoms with van der Waals surface area (Å²) >= 11 is 0. The highest BCUT2D eigenvalue weighted by atomic mass is 15.1. The Kier molecular flexibility index (Phi) is 3.46. The Morgan fingerprint density at radius 3 is 2.78 bits per heavy atom. The van der Waals surface area contributed by atoms with Crippen LogP contribution < -0.4 is 5.73 Å². The molecule has 0 saturated heterocycles. The van der Waals surface area contributed by atoms with Crippen molar-refractivity contribution in [1.29, 1.82) is 0 Å². The maximum absolute atomic E-state index is 6.16. The van der Waals surface area contributed by atoms with Crippen LogP contribution in [0.15, 0.2) is 31.0 Å². The lowest BCUT2D eigenvalue weighted by atomic mass is 10.2. The van der Waals surface area contributed by atoms with Crippen molar-refractivity contribution in [2.45, 2.75) is 26.8 Å². The Bertz CT molecular complexity index is 552. The number of allylic oxidation sites excluding steroid dienone is 1. The fraction of sp³-hybridized carbons (Fsp3) is 0.286. The van der Waals surface area contributed by atoms with Gasteiger partial charge in [-0.1, -0.05) is 13.0 Å². The summed E-state index contributed by atoms with van der Waals surface area (Å²) in [6.07, 6.45) is 4.48. The van der Waals surface area contributed by atoms with Crippen LogP contribution in [0.4, 0.5) is 5.82 Å². The zero-order valence-corrected chi connectivity index (χ0v) is 10.8. The molecule has 0 saturated carbocycles. The van der Waals surface area contributed by atoms with Gasteiger partial charge in [-0.2, -0.15) is 0 Å². The predicted molar refractivity (Wildman–Crippen MR) is 74.2 cm³/mol. The number of aryl methyl sites for hydroxylation is 2. The van der Waals surface area contributed by atoms with Gasteiger partial charge in [-0.25, -0.2) is 4.98 Å². The molecule has 0 radical (unpaired) electrons. The van der Waals surface area contributed by atoms with E-state index in [9.17, 15) is 0 Å². The Hall–Kier alpha value is -2.10. The summed E-state index contributed by atoms with van der Waals surface area (Å²) < 4.78 is 1.99. The number of nitrogen functional groups attached to an aromatic ring is 1. The zero-order chi connectivity index (χ0) is 13.1. The minimum Gasteiger partial charge on any atom is -0.383 e. The van der Waals surface area contributed by atoms with Crippen LogP contribution in [0.1, 0.15) is 18.4 Å². The van der Waals surface area contributed by atoms with Crippen LogP contribution in [0, 0.1) is 6.92 Å². The van der Waals surface area contributed by atoms with E-state index < -0.39 is 0 Å². The Balaban J connectivity index is 2.51. The molecule has 2 N–H and O–H groups in total. The Morgan fingerprint density at radius 2 is 2.22 bits per heavy atom. The third-order valence-corrected chi connectivity index (χ3v) is 2.90. The average Bonchev–Trinajstić information content (AvgIpc) is 2.69. The lowest BCUT2D eigenvalue weighted by molar-refractivity contribution is 0.757. The molecular weight excluding hydrogens is 224 g/mol. The van der Waals surface area contributed by atoms with Crippen molar-refractivity contribution in [1.82, 2.24) is 14.5 Å². The van der Waals surface area contributed by atoms with Crippen LogP contribution >= 0.6 is 0 Å². The second kappa shape index (κ2) is 5.04. The summed E-state index contributed by atoms with van der Waals surface area (Å²) in [5.41, 5.74) is 8.91. The quantitative estimate of drug-likeness (QED) is 0.838. The minimum absolute atomic E-state index is 0.678. The van der Waals surface area contributed by atoms with E-state index in [1.807, 2.05) is 35.9 Å². The Morgan fingerprint density at radius 1 is 1.44 bits per heavy atom. The molecule has 0 spiro atoms. The van der Waals surface area contributed by atoms with E-state index in [2.05, 4.69) is 23.5 Å². The van der Waals surface area contributed by atoms with Crippen molar-refractivity contribution in [2.75, 3.05) is 5.73 Å². The molecule has 0 unspecified atom stereocenters. The number of hydrogen-bond donors (Lipinski definition) is 1. The highest BCUT2D eigenvalue weighted by Gasteiger charge is 2.14. The first-order chi connectivity index (χ1) is 8.67. The van der Waals surface area contributed by atoms with Crippen LogP contribution in [0.25, 0.3) is 11.3 Å². The van der Waals surface area contributed by atoms with Crippen molar-refractivity contribution < 1.29 is 0 Å². The van der Waals surface area contributed by atoms with E-state index >= 15 is 0 Å². The SMILES string of the molecule is C=CCn1c(CC)nc(-c2ccc(C)nc2)c1N. The molecule has 0 amide bonds. The van der Waals surface area contributed by atoms with Crippen LogP contribution in [-0.2, 0) is 13.0 Å². The number of imidazole rings is 1. The third-order valence-electron chi connectivity index (χ3n) is 2.90. The molecule has 2 heterocycles. The first-order valence-corrected chi connectivity index (χ1v) is 6.06. The zero-order valence-electron chi connectivity index (χ0n) is 10.8. The summed E-state index contributed by atoms with van der Waals surface area (Å²) in [7, 11) is 0. The highest BCUT2D eigenvalue weighted by Crippen LogP contribution is 2.26. The predicted octanol–water partition coefficient (Wildman–Crippen LogP) is 2.58. The van der Waals surface area contributed by atoms with Crippen molar-refractivity contribution in [3.05, 3.63) is 42.5 Å². The van der Waals surface area contributed by atoms with Crippen molar-refractivity contribution in [3.8, 4) is 11.3 Å². The number of nitrogens with two attached hydrogens (primary N) is 1. The molecule has 18 heavy (non-hydrogen) atoms. The fourth-order valence-corrected chi connectivity index (χ4v) is 1.94. The lowest BCUT2D eigenvalue weighted by Gasteiger charge is -2.05. The first kappa shape index (κ1) is 12.4. The maximum Gasteiger partial charge on any atom is 0.132 e. The van der Waals surface area contributed by atoms with Gasteiger partial charge in [0, 0.05) is 30.4 Å². The average molecular weight is 242 g/mol. The van der Waals surface area contributed by atoms with E-state index in [0.717, 1.165) is 29.2 Å². The minimum atomic E-state index is 0.678. The molecular formula is C14H18N4. The van der Waals surface area contributed by atoms with E-state index in [1.54, 1.807) is 0 Å². The van der Waals surface area contributed by atoms with Gasteiger partial charge in [0.1, 0.15) is 17.3 Å². The number of rotatable bonds is 4. The molecule has 0 fully saturated rings. The molecule has 2 rings (SSSR count). The molecule has 0 aromatic carbocycles. The van der Waals surface area contributed by atoms with E-state index in [1.165, 1.54) is 0 Å². The first-order valence-electron chi connectivity index (χ1n) is 6.06. The van der Waals surface area contributed by atoms with Gasteiger partial charge in [-0.05, 0) is 19.1 Å². The van der Waals surface area contributed by atoms with Gasteiger partial charge >= 0.3 is 0 Å². The monoisotopic (exact) mass is 242 g/mol. The second-order valence-corrected chi connectivity index (χ2v) is 4.20. The van der Waals surface area contributed by atoms with Gasteiger partial charge in [0.2, 0.25) is 0 Å². The molecule has 94 valence electrons. The standard InChI is InChI=1S/C14H18N4/c1-4-8-18-12(5-2)17-13(14(18)15)11-7-6-10(3)16-9-11/h4,6-7,9H,1,5,8,15H2,2-3H3. The number of aromatic nitrogens is 3. The number of anilines is 1. The van der Waals surface area contributed by atoms with Gasteiger partial charge in [-0.15, -0.1) is 6.58 Å². The fourth-order valence-electron chi connectivity index (χ4n) is 1.94.